The highest BCUT2D eigenvalue weighted by atomic mass is 19.4. The summed E-state index contributed by atoms with van der Waals surface area (Å²) in [7, 11) is 0. The van der Waals surface area contributed by atoms with Gasteiger partial charge in [0.1, 0.15) is 28.6 Å². The molecule has 34 heavy (non-hydrogen) atoms. The summed E-state index contributed by atoms with van der Waals surface area (Å²) in [5, 5.41) is 21.7. The highest BCUT2D eigenvalue weighted by Gasteiger charge is 2.62. The standard InChI is InChI=1S/C23H21F4N3O4/c1-21(2,12-28)30-20(33)18-8-13(3-5-29-18)7-15(31)9-14-10-19(32)16(11-17(14)24)22(4-6-34-22)23(25,26)27/h3,5,8,10-11,32H,4,6-7,9H2,1-2H3,(H,30,33). The number of Topliss-reactive ketones (excluding diaryl/α,β-unsaturated/α-hetero) is 1. The number of ketones is 1. The van der Waals surface area contributed by atoms with E-state index in [9.17, 15) is 32.3 Å². The number of alkyl halides is 3. The fraction of sp³-hybridized carbons (Fsp3) is 0.391. The summed E-state index contributed by atoms with van der Waals surface area (Å²) in [5.41, 5.74) is -4.55. The Morgan fingerprint density at radius 2 is 1.94 bits per heavy atom. The maximum atomic E-state index is 14.6. The van der Waals surface area contributed by atoms with E-state index in [0.29, 0.717) is 11.6 Å². The van der Waals surface area contributed by atoms with Gasteiger partial charge in [0.05, 0.1) is 12.7 Å². The van der Waals surface area contributed by atoms with Gasteiger partial charge >= 0.3 is 6.18 Å². The maximum Gasteiger partial charge on any atom is 0.421 e. The molecule has 2 N–H and O–H groups in total. The Morgan fingerprint density at radius 1 is 1.26 bits per heavy atom. The van der Waals surface area contributed by atoms with Crippen molar-refractivity contribution in [3.8, 4) is 11.8 Å². The third-order valence-corrected chi connectivity index (χ3v) is 5.41. The van der Waals surface area contributed by atoms with Gasteiger partial charge in [-0.1, -0.05) is 0 Å². The normalized spacial score (nSPS) is 18.0. The molecule has 180 valence electrons. The van der Waals surface area contributed by atoms with E-state index in [0.717, 1.165) is 6.07 Å². The molecular formula is C23H21F4N3O4. The lowest BCUT2D eigenvalue weighted by Crippen LogP contribution is -2.52. The predicted octanol–water partition coefficient (Wildman–Crippen LogP) is 3.49. The number of aromatic hydroxyl groups is 1. The monoisotopic (exact) mass is 479 g/mol. The zero-order valence-corrected chi connectivity index (χ0v) is 18.3. The number of nitrogens with one attached hydrogen (secondary N) is 1. The molecule has 0 radical (unpaired) electrons. The SMILES string of the molecule is CC(C)(C#N)NC(=O)c1cc(CC(=O)Cc2cc(O)c(C3(C(F)(F)F)CCO3)cc2F)ccn1. The molecule has 2 heterocycles. The second-order valence-electron chi connectivity index (χ2n) is 8.52. The Hall–Kier alpha value is -3.52. The number of amides is 1. The van der Waals surface area contributed by atoms with Crippen molar-refractivity contribution in [3.63, 3.8) is 0 Å². The van der Waals surface area contributed by atoms with Gasteiger partial charge in [-0.2, -0.15) is 18.4 Å². The Kier molecular flexibility index (Phi) is 6.66. The number of rotatable bonds is 7. The Labute approximate surface area is 192 Å². The van der Waals surface area contributed by atoms with Gasteiger partial charge in [0.2, 0.25) is 0 Å². The van der Waals surface area contributed by atoms with Gasteiger partial charge < -0.3 is 15.2 Å². The minimum atomic E-state index is -4.85. The molecule has 3 rings (SSSR count). The van der Waals surface area contributed by atoms with E-state index in [1.165, 1.54) is 32.2 Å². The van der Waals surface area contributed by atoms with Crippen molar-refractivity contribution in [3.05, 3.63) is 58.7 Å². The molecule has 1 aliphatic rings. The van der Waals surface area contributed by atoms with Crippen LogP contribution in [0, 0.1) is 17.1 Å². The smallest absolute Gasteiger partial charge is 0.421 e. The van der Waals surface area contributed by atoms with Crippen LogP contribution in [0.5, 0.6) is 5.75 Å². The van der Waals surface area contributed by atoms with Crippen LogP contribution < -0.4 is 5.32 Å². The van der Waals surface area contributed by atoms with Crippen LogP contribution in [-0.4, -0.2) is 40.1 Å². The number of carbonyl (C=O) groups is 2. The number of ether oxygens (including phenoxy) is 1. The molecular weight excluding hydrogens is 458 g/mol. The number of hydrogen-bond acceptors (Lipinski definition) is 6. The average Bonchev–Trinajstić information content (AvgIpc) is 2.69. The Bertz CT molecular complexity index is 1170. The maximum absolute atomic E-state index is 14.6. The van der Waals surface area contributed by atoms with E-state index in [-0.39, 0.29) is 24.3 Å². The molecule has 1 aromatic carbocycles. The van der Waals surface area contributed by atoms with Crippen molar-refractivity contribution in [2.45, 2.75) is 50.4 Å². The van der Waals surface area contributed by atoms with Crippen molar-refractivity contribution in [2.75, 3.05) is 6.61 Å². The van der Waals surface area contributed by atoms with Crippen molar-refractivity contribution in [1.82, 2.24) is 10.3 Å². The Balaban J connectivity index is 1.74. The van der Waals surface area contributed by atoms with Crippen LogP contribution in [-0.2, 0) is 28.0 Å². The summed E-state index contributed by atoms with van der Waals surface area (Å²) >= 11 is 0. The average molecular weight is 479 g/mol. The van der Waals surface area contributed by atoms with Crippen LogP contribution in [0.25, 0.3) is 0 Å². The van der Waals surface area contributed by atoms with E-state index in [2.05, 4.69) is 10.3 Å². The van der Waals surface area contributed by atoms with Gasteiger partial charge in [-0.25, -0.2) is 4.39 Å². The number of benzene rings is 1. The number of nitrogens with zero attached hydrogens (tertiary/aromatic N) is 2. The number of nitriles is 1. The van der Waals surface area contributed by atoms with Crippen molar-refractivity contribution in [1.29, 1.82) is 5.26 Å². The third kappa shape index (κ3) is 5.02. The highest BCUT2D eigenvalue weighted by molar-refractivity contribution is 5.93. The van der Waals surface area contributed by atoms with Gasteiger partial charge in [0.15, 0.2) is 5.60 Å². The van der Waals surface area contributed by atoms with Crippen LogP contribution in [0.1, 0.15) is 47.4 Å². The summed E-state index contributed by atoms with van der Waals surface area (Å²) < 4.78 is 59.6. The summed E-state index contributed by atoms with van der Waals surface area (Å²) in [6.07, 6.45) is -4.72. The summed E-state index contributed by atoms with van der Waals surface area (Å²) in [6, 6.07) is 6.09. The summed E-state index contributed by atoms with van der Waals surface area (Å²) in [4.78, 5) is 28.7. The summed E-state index contributed by atoms with van der Waals surface area (Å²) in [6.45, 7) is 2.82. The molecule has 2 aromatic rings. The molecule has 0 bridgehead atoms. The zero-order chi connectivity index (χ0) is 25.3. The zero-order valence-electron chi connectivity index (χ0n) is 18.3. The fourth-order valence-electron chi connectivity index (χ4n) is 3.55. The number of pyridine rings is 1. The van der Waals surface area contributed by atoms with Crippen LogP contribution in [0.2, 0.25) is 0 Å². The lowest BCUT2D eigenvalue weighted by molar-refractivity contribution is -0.334. The number of phenols is 1. The van der Waals surface area contributed by atoms with Gasteiger partial charge in [0.25, 0.3) is 5.91 Å². The molecule has 0 aliphatic carbocycles. The van der Waals surface area contributed by atoms with Crippen molar-refractivity contribution in [2.24, 2.45) is 0 Å². The first-order valence-electron chi connectivity index (χ1n) is 10.2. The Morgan fingerprint density at radius 3 is 2.50 bits per heavy atom. The number of phenolic OH excluding ortho intramolecular Hbond substituents is 1. The summed E-state index contributed by atoms with van der Waals surface area (Å²) in [5.74, 6) is -3.02. The molecule has 1 atom stereocenters. The molecule has 1 aliphatic heterocycles. The van der Waals surface area contributed by atoms with E-state index < -0.39 is 59.0 Å². The number of hydrogen-bond donors (Lipinski definition) is 2. The molecule has 0 saturated carbocycles. The van der Waals surface area contributed by atoms with Crippen LogP contribution in [0.15, 0.2) is 30.5 Å². The van der Waals surface area contributed by atoms with Gasteiger partial charge in [-0.3, -0.25) is 14.6 Å². The topological polar surface area (TPSA) is 112 Å². The van der Waals surface area contributed by atoms with E-state index >= 15 is 0 Å². The largest absolute Gasteiger partial charge is 0.508 e. The number of halogens is 4. The molecule has 7 nitrogen and oxygen atoms in total. The van der Waals surface area contributed by atoms with E-state index in [1.807, 2.05) is 6.07 Å². The number of aromatic nitrogens is 1. The van der Waals surface area contributed by atoms with E-state index in [1.54, 1.807) is 0 Å². The number of carbonyl (C=O) groups excluding carboxylic acids is 2. The van der Waals surface area contributed by atoms with Gasteiger partial charge in [-0.05, 0) is 49.2 Å². The predicted molar refractivity (Wildman–Crippen MR) is 110 cm³/mol. The molecule has 1 fully saturated rings. The van der Waals surface area contributed by atoms with Crippen molar-refractivity contribution < 1.29 is 37.0 Å². The molecule has 1 saturated heterocycles. The molecule has 1 aromatic heterocycles. The van der Waals surface area contributed by atoms with Gasteiger partial charge in [-0.15, -0.1) is 0 Å². The quantitative estimate of drug-likeness (QED) is 0.588. The second-order valence-corrected chi connectivity index (χ2v) is 8.52. The first kappa shape index (κ1) is 25.1. The van der Waals surface area contributed by atoms with E-state index in [4.69, 9.17) is 10.00 Å². The minimum Gasteiger partial charge on any atom is -0.508 e. The van der Waals surface area contributed by atoms with Crippen LogP contribution in [0.4, 0.5) is 17.6 Å². The molecule has 11 heteroatoms. The van der Waals surface area contributed by atoms with Crippen LogP contribution in [0.3, 0.4) is 0 Å². The van der Waals surface area contributed by atoms with Crippen LogP contribution >= 0.6 is 0 Å². The minimum absolute atomic E-state index is 0.0280. The lowest BCUT2D eigenvalue weighted by atomic mass is 9.84. The highest BCUT2D eigenvalue weighted by Crippen LogP contribution is 2.52. The lowest BCUT2D eigenvalue weighted by Gasteiger charge is -2.43. The molecule has 0 spiro atoms. The van der Waals surface area contributed by atoms with Gasteiger partial charge in [0, 0.05) is 31.0 Å². The molecule has 1 unspecified atom stereocenters. The van der Waals surface area contributed by atoms with Crippen molar-refractivity contribution >= 4 is 11.7 Å². The first-order valence-corrected chi connectivity index (χ1v) is 10.2. The fourth-order valence-corrected chi connectivity index (χ4v) is 3.55. The second kappa shape index (κ2) is 9.02. The third-order valence-electron chi connectivity index (χ3n) is 5.41. The first-order chi connectivity index (χ1) is 15.8. The molecule has 1 amide bonds.